The van der Waals surface area contributed by atoms with Gasteiger partial charge in [0.2, 0.25) is 0 Å². The first-order valence-corrected chi connectivity index (χ1v) is 7.31. The lowest BCUT2D eigenvalue weighted by Gasteiger charge is -1.93. The second kappa shape index (κ2) is 11.4. The maximum absolute atomic E-state index is 10.4. The normalized spacial score (nSPS) is 9.83. The van der Waals surface area contributed by atoms with Crippen molar-refractivity contribution in [3.63, 3.8) is 0 Å². The van der Waals surface area contributed by atoms with Gasteiger partial charge < -0.3 is 5.32 Å². The molecule has 124 valence electrons. The van der Waals surface area contributed by atoms with Crippen molar-refractivity contribution in [2.45, 2.75) is 0 Å². The summed E-state index contributed by atoms with van der Waals surface area (Å²) in [6.07, 6.45) is 3.65. The molecule has 2 aromatic carbocycles. The average molecular weight is 324 g/mol. The van der Waals surface area contributed by atoms with E-state index < -0.39 is 4.92 Å². The summed E-state index contributed by atoms with van der Waals surface area (Å²) in [5, 5.41) is 21.5. The summed E-state index contributed by atoms with van der Waals surface area (Å²) >= 11 is 0. The van der Waals surface area contributed by atoms with Crippen molar-refractivity contribution in [1.29, 1.82) is 0 Å². The smallest absolute Gasteiger partial charge is 0.269 e. The Morgan fingerprint density at radius 3 is 1.88 bits per heavy atom. The van der Waals surface area contributed by atoms with Crippen LogP contribution in [0, 0.1) is 10.1 Å². The third-order valence-electron chi connectivity index (χ3n) is 2.68. The lowest BCUT2D eigenvalue weighted by molar-refractivity contribution is -0.384. The highest BCUT2D eigenvalue weighted by molar-refractivity contribution is 5.44. The monoisotopic (exact) mass is 324 g/mol. The summed E-state index contributed by atoms with van der Waals surface area (Å²) in [4.78, 5) is 10.00. The van der Waals surface area contributed by atoms with Gasteiger partial charge in [-0.25, -0.2) is 0 Å². The maximum atomic E-state index is 10.4. The van der Waals surface area contributed by atoms with Gasteiger partial charge in [-0.15, -0.1) is 13.2 Å². The number of non-ortho nitro benzene ring substituents is 1. The number of nitro benzene ring substituents is 1. The predicted molar refractivity (Wildman–Crippen MR) is 97.0 cm³/mol. The van der Waals surface area contributed by atoms with Crippen LogP contribution in [0.3, 0.4) is 0 Å². The Bertz CT molecular complexity index is 659. The molecule has 0 radical (unpaired) electrons. The molecule has 0 aliphatic rings. The zero-order valence-corrected chi connectivity index (χ0v) is 13.3. The van der Waals surface area contributed by atoms with E-state index in [9.17, 15) is 10.1 Å². The molecule has 1 N–H and O–H groups in total. The van der Waals surface area contributed by atoms with Crippen molar-refractivity contribution in [1.82, 2.24) is 5.32 Å². The zero-order chi connectivity index (χ0) is 17.6. The summed E-state index contributed by atoms with van der Waals surface area (Å²) in [7, 11) is 0. The average Bonchev–Trinajstić information content (AvgIpc) is 2.62. The predicted octanol–water partition coefficient (Wildman–Crippen LogP) is 4.96. The van der Waals surface area contributed by atoms with Gasteiger partial charge in [0.25, 0.3) is 5.69 Å². The molecule has 24 heavy (non-hydrogen) atoms. The molecule has 0 atom stereocenters. The third-order valence-corrected chi connectivity index (χ3v) is 2.68. The van der Waals surface area contributed by atoms with E-state index in [0.29, 0.717) is 5.69 Å². The standard InChI is InChI=1S/C12H9N3O2.C6H11N/c16-15(17)12-8-6-11(7-9-12)14-13-10-4-2-1-3-5-10;1-3-5-7-6-4-2/h1-9H;3-4,7H,1-2,5-6H2. The second-order valence-corrected chi connectivity index (χ2v) is 4.54. The number of benzene rings is 2. The van der Waals surface area contributed by atoms with Gasteiger partial charge in [-0.1, -0.05) is 30.4 Å². The number of hydrogen-bond acceptors (Lipinski definition) is 5. The van der Waals surface area contributed by atoms with E-state index in [1.54, 1.807) is 12.1 Å². The van der Waals surface area contributed by atoms with Gasteiger partial charge >= 0.3 is 0 Å². The quantitative estimate of drug-likeness (QED) is 0.257. The minimum absolute atomic E-state index is 0.0451. The largest absolute Gasteiger partial charge is 0.310 e. The highest BCUT2D eigenvalue weighted by Crippen LogP contribution is 2.20. The van der Waals surface area contributed by atoms with Crippen LogP contribution in [-0.2, 0) is 0 Å². The van der Waals surface area contributed by atoms with E-state index in [-0.39, 0.29) is 5.69 Å². The van der Waals surface area contributed by atoms with Crippen molar-refractivity contribution in [2.24, 2.45) is 10.2 Å². The van der Waals surface area contributed by atoms with Gasteiger partial charge in [-0.3, -0.25) is 10.1 Å². The van der Waals surface area contributed by atoms with Gasteiger partial charge in [-0.05, 0) is 24.3 Å². The molecule has 0 aliphatic carbocycles. The summed E-state index contributed by atoms with van der Waals surface area (Å²) < 4.78 is 0. The fourth-order valence-electron chi connectivity index (χ4n) is 1.54. The lowest BCUT2D eigenvalue weighted by Crippen LogP contribution is -2.11. The molecule has 0 unspecified atom stereocenters. The number of nitrogens with zero attached hydrogens (tertiary/aromatic N) is 3. The van der Waals surface area contributed by atoms with Crippen LogP contribution in [0.1, 0.15) is 0 Å². The van der Waals surface area contributed by atoms with Gasteiger partial charge in [0.1, 0.15) is 0 Å². The molecule has 0 aliphatic heterocycles. The highest BCUT2D eigenvalue weighted by Gasteiger charge is 2.02. The Morgan fingerprint density at radius 2 is 1.42 bits per heavy atom. The minimum atomic E-state index is -0.446. The highest BCUT2D eigenvalue weighted by atomic mass is 16.6. The molecule has 2 aromatic rings. The topological polar surface area (TPSA) is 79.9 Å². The molecule has 0 heterocycles. The van der Waals surface area contributed by atoms with Crippen LogP contribution in [0.2, 0.25) is 0 Å². The van der Waals surface area contributed by atoms with Crippen LogP contribution in [0.25, 0.3) is 0 Å². The summed E-state index contributed by atoms with van der Waals surface area (Å²) in [6, 6.07) is 15.2. The van der Waals surface area contributed by atoms with E-state index in [1.165, 1.54) is 12.1 Å². The van der Waals surface area contributed by atoms with Crippen LogP contribution >= 0.6 is 0 Å². The SMILES string of the molecule is C=CCNCC=C.O=[N+]([O-])c1ccc(N=Nc2ccccc2)cc1. The van der Waals surface area contributed by atoms with Gasteiger partial charge in [0.15, 0.2) is 0 Å². The second-order valence-electron chi connectivity index (χ2n) is 4.54. The zero-order valence-electron chi connectivity index (χ0n) is 13.3. The van der Waals surface area contributed by atoms with Crippen molar-refractivity contribution >= 4 is 17.1 Å². The van der Waals surface area contributed by atoms with Crippen molar-refractivity contribution in [3.05, 3.63) is 90.0 Å². The molecule has 0 amide bonds. The Labute approximate surface area is 141 Å². The van der Waals surface area contributed by atoms with E-state index in [1.807, 2.05) is 42.5 Å². The molecular weight excluding hydrogens is 304 g/mol. The van der Waals surface area contributed by atoms with E-state index in [0.717, 1.165) is 18.8 Å². The van der Waals surface area contributed by atoms with Crippen molar-refractivity contribution in [3.8, 4) is 0 Å². The summed E-state index contributed by atoms with van der Waals surface area (Å²) in [5.41, 5.74) is 1.37. The van der Waals surface area contributed by atoms with E-state index in [2.05, 4.69) is 28.7 Å². The number of nitrogens with one attached hydrogen (secondary N) is 1. The Kier molecular flexibility index (Phi) is 9.03. The molecule has 0 spiro atoms. The van der Waals surface area contributed by atoms with Gasteiger partial charge in [0.05, 0.1) is 16.3 Å². The van der Waals surface area contributed by atoms with Crippen LogP contribution in [0.15, 0.2) is 90.1 Å². The first kappa shape index (κ1) is 18.9. The number of nitro groups is 1. The Morgan fingerprint density at radius 1 is 0.917 bits per heavy atom. The molecule has 6 heteroatoms. The molecule has 2 rings (SSSR count). The molecule has 0 saturated heterocycles. The summed E-state index contributed by atoms with van der Waals surface area (Å²) in [5.74, 6) is 0. The lowest BCUT2D eigenvalue weighted by atomic mass is 10.3. The van der Waals surface area contributed by atoms with Crippen LogP contribution < -0.4 is 5.32 Å². The van der Waals surface area contributed by atoms with Gasteiger partial charge in [0, 0.05) is 25.2 Å². The first-order valence-electron chi connectivity index (χ1n) is 7.31. The fourth-order valence-corrected chi connectivity index (χ4v) is 1.54. The Hall–Kier alpha value is -3.12. The van der Waals surface area contributed by atoms with E-state index >= 15 is 0 Å². The van der Waals surface area contributed by atoms with Crippen LogP contribution in [0.5, 0.6) is 0 Å². The minimum Gasteiger partial charge on any atom is -0.310 e. The molecule has 0 aromatic heterocycles. The number of azo groups is 1. The Balaban J connectivity index is 0.000000351. The molecule has 6 nitrogen and oxygen atoms in total. The fraction of sp³-hybridized carbons (Fsp3) is 0.111. The molecule has 0 bridgehead atoms. The van der Waals surface area contributed by atoms with Crippen LogP contribution in [-0.4, -0.2) is 18.0 Å². The number of rotatable bonds is 7. The van der Waals surface area contributed by atoms with Crippen LogP contribution in [0.4, 0.5) is 17.1 Å². The first-order chi connectivity index (χ1) is 11.7. The molecular formula is C18H20N4O2. The molecule has 0 saturated carbocycles. The third kappa shape index (κ3) is 7.77. The summed E-state index contributed by atoms with van der Waals surface area (Å²) in [6.45, 7) is 8.81. The molecule has 0 fully saturated rings. The number of hydrogen-bond donors (Lipinski definition) is 1. The van der Waals surface area contributed by atoms with Gasteiger partial charge in [-0.2, -0.15) is 10.2 Å². The van der Waals surface area contributed by atoms with E-state index in [4.69, 9.17) is 0 Å². The van der Waals surface area contributed by atoms with Crippen molar-refractivity contribution in [2.75, 3.05) is 13.1 Å². The van der Waals surface area contributed by atoms with Crippen molar-refractivity contribution < 1.29 is 4.92 Å². The maximum Gasteiger partial charge on any atom is 0.269 e.